The Balaban J connectivity index is 1.56. The van der Waals surface area contributed by atoms with Crippen LogP contribution in [0, 0.1) is 0 Å². The van der Waals surface area contributed by atoms with Crippen molar-refractivity contribution >= 4 is 52.2 Å². The molecular weight excluding hydrogens is 399 g/mol. The van der Waals surface area contributed by atoms with E-state index < -0.39 is 0 Å². The van der Waals surface area contributed by atoms with Gasteiger partial charge in [0.1, 0.15) is 9.90 Å². The lowest BCUT2D eigenvalue weighted by molar-refractivity contribution is 0.0958. The molecule has 0 radical (unpaired) electrons. The molecule has 3 aromatic rings. The third kappa shape index (κ3) is 4.53. The number of carbonyl (C=O) groups excluding carboxylic acids is 1. The Labute approximate surface area is 164 Å². The summed E-state index contributed by atoms with van der Waals surface area (Å²) >= 11 is 18.6. The van der Waals surface area contributed by atoms with E-state index in [1.807, 2.05) is 36.4 Å². The molecule has 1 N–H and O–H groups in total. The third-order valence-electron chi connectivity index (χ3n) is 3.63. The van der Waals surface area contributed by atoms with Crippen LogP contribution >= 0.6 is 46.3 Å². The van der Waals surface area contributed by atoms with Gasteiger partial charge in [-0.25, -0.2) is 0 Å². The van der Waals surface area contributed by atoms with E-state index in [0.717, 1.165) is 39.7 Å². The molecule has 0 saturated carbocycles. The molecule has 0 fully saturated rings. The molecule has 0 aliphatic rings. The first-order valence-electron chi connectivity index (χ1n) is 7.48. The molecule has 0 aliphatic carbocycles. The third-order valence-corrected chi connectivity index (χ3v) is 5.68. The number of hydrogen-bond donors (Lipinski definition) is 1. The van der Waals surface area contributed by atoms with Gasteiger partial charge in [0.05, 0.1) is 0 Å². The van der Waals surface area contributed by atoms with Crippen LogP contribution in [0.4, 0.5) is 0 Å². The van der Waals surface area contributed by atoms with Gasteiger partial charge >= 0.3 is 0 Å². The molecule has 0 atom stereocenters. The topological polar surface area (TPSA) is 42.0 Å². The molecule has 0 unspecified atom stereocenters. The van der Waals surface area contributed by atoms with Gasteiger partial charge in [-0.2, -0.15) is 4.37 Å². The fourth-order valence-corrected chi connectivity index (χ4v) is 3.56. The second-order valence-corrected chi connectivity index (χ2v) is 7.27. The quantitative estimate of drug-likeness (QED) is 0.581. The lowest BCUT2D eigenvalue weighted by Gasteiger charge is -2.06. The number of aromatic nitrogens is 1. The van der Waals surface area contributed by atoms with Gasteiger partial charge in [-0.05, 0) is 46.8 Å². The van der Waals surface area contributed by atoms with Crippen LogP contribution in [-0.4, -0.2) is 16.8 Å². The van der Waals surface area contributed by atoms with E-state index in [0.29, 0.717) is 11.4 Å². The summed E-state index contributed by atoms with van der Waals surface area (Å²) in [6.45, 7) is 0.505. The predicted molar refractivity (Wildman–Crippen MR) is 105 cm³/mol. The summed E-state index contributed by atoms with van der Waals surface area (Å²) < 4.78 is 3.85. The number of benzene rings is 2. The van der Waals surface area contributed by atoms with Crippen molar-refractivity contribution in [3.8, 4) is 11.1 Å². The number of nitrogens with one attached hydrogen (secondary N) is 1. The van der Waals surface area contributed by atoms with Gasteiger partial charge in [0.15, 0.2) is 5.15 Å². The first-order chi connectivity index (χ1) is 12.0. The minimum atomic E-state index is -0.257. The molecule has 3 rings (SSSR count). The van der Waals surface area contributed by atoms with E-state index in [9.17, 15) is 4.79 Å². The lowest BCUT2D eigenvalue weighted by atomic mass is 10.0. The summed E-state index contributed by atoms with van der Waals surface area (Å²) in [5.41, 5.74) is 3.36. The summed E-state index contributed by atoms with van der Waals surface area (Å²) in [6, 6.07) is 15.9. The van der Waals surface area contributed by atoms with Crippen LogP contribution in [0.25, 0.3) is 11.1 Å². The maximum Gasteiger partial charge on any atom is 0.264 e. The smallest absolute Gasteiger partial charge is 0.264 e. The molecule has 1 heterocycles. The molecule has 0 aliphatic heterocycles. The lowest BCUT2D eigenvalue weighted by Crippen LogP contribution is -2.25. The number of carbonyl (C=O) groups is 1. The Morgan fingerprint density at radius 2 is 1.56 bits per heavy atom. The minimum Gasteiger partial charge on any atom is -0.351 e. The average Bonchev–Trinajstić information content (AvgIpc) is 2.95. The van der Waals surface area contributed by atoms with Crippen molar-refractivity contribution in [2.45, 2.75) is 6.42 Å². The Morgan fingerprint density at radius 1 is 0.960 bits per heavy atom. The SMILES string of the molecule is O=C(NCCc1ccc(-c2ccc(Cl)cc2)cc1)c1snc(Cl)c1Cl. The maximum atomic E-state index is 12.0. The minimum absolute atomic E-state index is 0.162. The van der Waals surface area contributed by atoms with E-state index in [2.05, 4.69) is 21.8 Å². The first kappa shape index (κ1) is 18.2. The largest absolute Gasteiger partial charge is 0.351 e. The predicted octanol–water partition coefficient (Wildman–Crippen LogP) is 5.74. The molecule has 1 amide bonds. The van der Waals surface area contributed by atoms with E-state index in [1.165, 1.54) is 0 Å². The van der Waals surface area contributed by atoms with Crippen LogP contribution in [0.1, 0.15) is 15.2 Å². The van der Waals surface area contributed by atoms with Crippen LogP contribution in [-0.2, 0) is 6.42 Å². The monoisotopic (exact) mass is 410 g/mol. The zero-order valence-corrected chi connectivity index (χ0v) is 16.0. The van der Waals surface area contributed by atoms with Crippen LogP contribution in [0.5, 0.6) is 0 Å². The highest BCUT2D eigenvalue weighted by atomic mass is 35.5. The van der Waals surface area contributed by atoms with E-state index in [-0.39, 0.29) is 16.1 Å². The molecule has 0 spiro atoms. The highest BCUT2D eigenvalue weighted by molar-refractivity contribution is 7.09. The van der Waals surface area contributed by atoms with Crippen LogP contribution in [0.15, 0.2) is 48.5 Å². The van der Waals surface area contributed by atoms with Crippen molar-refractivity contribution in [3.63, 3.8) is 0 Å². The zero-order chi connectivity index (χ0) is 17.8. The van der Waals surface area contributed by atoms with Gasteiger partial charge in [-0.1, -0.05) is 71.2 Å². The number of hydrogen-bond acceptors (Lipinski definition) is 3. The molecular formula is C18H13Cl3N2OS. The highest BCUT2D eigenvalue weighted by Gasteiger charge is 2.16. The molecule has 7 heteroatoms. The fourth-order valence-electron chi connectivity index (χ4n) is 2.31. The summed E-state index contributed by atoms with van der Waals surface area (Å²) in [5, 5.41) is 3.92. The van der Waals surface area contributed by atoms with Gasteiger partial charge in [-0.15, -0.1) is 0 Å². The summed E-state index contributed by atoms with van der Waals surface area (Å²) in [7, 11) is 0. The van der Waals surface area contributed by atoms with E-state index in [4.69, 9.17) is 34.8 Å². The normalized spacial score (nSPS) is 10.7. The maximum absolute atomic E-state index is 12.0. The Bertz CT molecular complexity index is 876. The average molecular weight is 412 g/mol. The van der Waals surface area contributed by atoms with Crippen LogP contribution in [0.3, 0.4) is 0 Å². The summed E-state index contributed by atoms with van der Waals surface area (Å²) in [4.78, 5) is 12.4. The van der Waals surface area contributed by atoms with Crippen LogP contribution < -0.4 is 5.32 Å². The Morgan fingerprint density at radius 3 is 2.12 bits per heavy atom. The second-order valence-electron chi connectivity index (χ2n) is 5.33. The van der Waals surface area contributed by atoms with Gasteiger partial charge in [0, 0.05) is 11.6 Å². The highest BCUT2D eigenvalue weighted by Crippen LogP contribution is 2.28. The van der Waals surface area contributed by atoms with Crippen molar-refractivity contribution in [2.24, 2.45) is 0 Å². The van der Waals surface area contributed by atoms with Gasteiger partial charge in [0.2, 0.25) is 0 Å². The second kappa shape index (κ2) is 8.19. The molecule has 3 nitrogen and oxygen atoms in total. The van der Waals surface area contributed by atoms with Gasteiger partial charge < -0.3 is 5.32 Å². The van der Waals surface area contributed by atoms with Crippen molar-refractivity contribution in [1.29, 1.82) is 0 Å². The van der Waals surface area contributed by atoms with Crippen molar-refractivity contribution in [3.05, 3.63) is 74.2 Å². The molecule has 1 aromatic heterocycles. The molecule has 25 heavy (non-hydrogen) atoms. The standard InChI is InChI=1S/C18H13Cl3N2OS/c19-14-7-5-13(6-8-14)12-3-1-11(2-4-12)9-10-22-18(24)16-15(20)17(21)23-25-16/h1-8H,9-10H2,(H,22,24). The van der Waals surface area contributed by atoms with E-state index in [1.54, 1.807) is 0 Å². The summed E-state index contributed by atoms with van der Waals surface area (Å²) in [5.74, 6) is -0.257. The Hall–Kier alpha value is -1.59. The number of amides is 1. The molecule has 2 aromatic carbocycles. The number of nitrogens with zero attached hydrogens (tertiary/aromatic N) is 1. The molecule has 0 bridgehead atoms. The van der Waals surface area contributed by atoms with Gasteiger partial charge in [-0.3, -0.25) is 4.79 Å². The van der Waals surface area contributed by atoms with Gasteiger partial charge in [0.25, 0.3) is 5.91 Å². The van der Waals surface area contributed by atoms with E-state index >= 15 is 0 Å². The zero-order valence-electron chi connectivity index (χ0n) is 12.9. The van der Waals surface area contributed by atoms with Crippen LogP contribution in [0.2, 0.25) is 15.2 Å². The number of rotatable bonds is 5. The fraction of sp³-hybridized carbons (Fsp3) is 0.111. The van der Waals surface area contributed by atoms with Crippen molar-refractivity contribution < 1.29 is 4.79 Å². The van der Waals surface area contributed by atoms with Crippen molar-refractivity contribution in [2.75, 3.05) is 6.54 Å². The molecule has 0 saturated heterocycles. The Kier molecular flexibility index (Phi) is 5.97. The molecule has 128 valence electrons. The first-order valence-corrected chi connectivity index (χ1v) is 9.39. The number of halogens is 3. The summed E-state index contributed by atoms with van der Waals surface area (Å²) in [6.07, 6.45) is 0.719. The van der Waals surface area contributed by atoms with Crippen molar-refractivity contribution in [1.82, 2.24) is 9.69 Å².